The zero-order chi connectivity index (χ0) is 19.1. The van der Waals surface area contributed by atoms with Gasteiger partial charge in [-0.2, -0.15) is 8.78 Å². The molecule has 26 heavy (non-hydrogen) atoms. The first kappa shape index (κ1) is 19.4. The van der Waals surface area contributed by atoms with Gasteiger partial charge in [0.05, 0.1) is 6.42 Å². The molecule has 0 heterocycles. The van der Waals surface area contributed by atoms with Gasteiger partial charge in [-0.3, -0.25) is 9.59 Å². The van der Waals surface area contributed by atoms with Crippen molar-refractivity contribution in [2.75, 3.05) is 11.9 Å². The number of aryl methyl sites for hydroxylation is 1. The van der Waals surface area contributed by atoms with Crippen molar-refractivity contribution in [2.24, 2.45) is 0 Å². The molecule has 0 saturated carbocycles. The lowest BCUT2D eigenvalue weighted by Gasteiger charge is -2.10. The summed E-state index contributed by atoms with van der Waals surface area (Å²) in [5.41, 5.74) is 3.21. The average molecular weight is 363 g/mol. The standard InChI is InChI=1S/C19H19F2NO4/c1-12-4-3-5-16(13(12)2)22-17(23)11-25-18(24)10-14-6-8-15(9-7-14)26-19(20)21/h3-9,19H,10-11H2,1-2H3,(H,22,23). The molecule has 0 atom stereocenters. The van der Waals surface area contributed by atoms with E-state index in [0.717, 1.165) is 11.1 Å². The van der Waals surface area contributed by atoms with Gasteiger partial charge in [0.2, 0.25) is 0 Å². The predicted octanol–water partition coefficient (Wildman–Crippen LogP) is 3.63. The van der Waals surface area contributed by atoms with Crippen LogP contribution in [0.5, 0.6) is 5.75 Å². The second-order valence-corrected chi connectivity index (χ2v) is 5.66. The number of hydrogen-bond acceptors (Lipinski definition) is 4. The van der Waals surface area contributed by atoms with Crippen LogP contribution < -0.4 is 10.1 Å². The van der Waals surface area contributed by atoms with Gasteiger partial charge in [-0.15, -0.1) is 0 Å². The Kier molecular flexibility index (Phi) is 6.66. The lowest BCUT2D eigenvalue weighted by Crippen LogP contribution is -2.22. The molecule has 0 spiro atoms. The molecule has 0 aromatic heterocycles. The van der Waals surface area contributed by atoms with Crippen molar-refractivity contribution >= 4 is 17.6 Å². The summed E-state index contributed by atoms with van der Waals surface area (Å²) in [5.74, 6) is -1.03. The molecule has 0 aliphatic carbocycles. The maximum Gasteiger partial charge on any atom is 0.387 e. The quantitative estimate of drug-likeness (QED) is 0.763. The van der Waals surface area contributed by atoms with E-state index in [1.54, 1.807) is 6.07 Å². The molecule has 0 fully saturated rings. The highest BCUT2D eigenvalue weighted by atomic mass is 19.3. The maximum atomic E-state index is 12.1. The molecule has 1 amide bonds. The van der Waals surface area contributed by atoms with Gasteiger partial charge in [0.1, 0.15) is 5.75 Å². The van der Waals surface area contributed by atoms with Crippen LogP contribution in [0, 0.1) is 13.8 Å². The Bertz CT molecular complexity index is 776. The molecular weight excluding hydrogens is 344 g/mol. The van der Waals surface area contributed by atoms with Crippen molar-refractivity contribution in [1.29, 1.82) is 0 Å². The number of benzene rings is 2. The summed E-state index contributed by atoms with van der Waals surface area (Å²) >= 11 is 0. The summed E-state index contributed by atoms with van der Waals surface area (Å²) in [7, 11) is 0. The van der Waals surface area contributed by atoms with Crippen molar-refractivity contribution in [2.45, 2.75) is 26.9 Å². The van der Waals surface area contributed by atoms with Gasteiger partial charge in [-0.05, 0) is 48.7 Å². The lowest BCUT2D eigenvalue weighted by atomic mass is 10.1. The summed E-state index contributed by atoms with van der Waals surface area (Å²) < 4.78 is 33.3. The van der Waals surface area contributed by atoms with Gasteiger partial charge in [0.15, 0.2) is 6.61 Å². The molecule has 0 aliphatic heterocycles. The number of esters is 1. The molecule has 1 N–H and O–H groups in total. The van der Waals surface area contributed by atoms with Crippen LogP contribution in [0.2, 0.25) is 0 Å². The van der Waals surface area contributed by atoms with Crippen LogP contribution in [-0.4, -0.2) is 25.1 Å². The SMILES string of the molecule is Cc1cccc(NC(=O)COC(=O)Cc2ccc(OC(F)F)cc2)c1C. The second kappa shape index (κ2) is 8.94. The summed E-state index contributed by atoms with van der Waals surface area (Å²) in [6.07, 6.45) is -0.0777. The van der Waals surface area contributed by atoms with Gasteiger partial charge in [0.25, 0.3) is 5.91 Å². The van der Waals surface area contributed by atoms with Crippen LogP contribution in [0.25, 0.3) is 0 Å². The second-order valence-electron chi connectivity index (χ2n) is 5.66. The van der Waals surface area contributed by atoms with Gasteiger partial charge in [0, 0.05) is 5.69 Å². The molecule has 2 aromatic rings. The van der Waals surface area contributed by atoms with Crippen LogP contribution in [0.3, 0.4) is 0 Å². The topological polar surface area (TPSA) is 64.6 Å². The minimum atomic E-state index is -2.90. The molecule has 0 aliphatic rings. The van der Waals surface area contributed by atoms with Gasteiger partial charge >= 0.3 is 12.6 Å². The number of ether oxygens (including phenoxy) is 2. The summed E-state index contributed by atoms with van der Waals surface area (Å²) in [6.45, 7) is 0.515. The monoisotopic (exact) mass is 363 g/mol. The Morgan fingerprint density at radius 1 is 1.08 bits per heavy atom. The lowest BCUT2D eigenvalue weighted by molar-refractivity contribution is -0.146. The Morgan fingerprint density at radius 3 is 2.42 bits per heavy atom. The zero-order valence-electron chi connectivity index (χ0n) is 14.4. The van der Waals surface area contributed by atoms with Crippen molar-refractivity contribution in [3.63, 3.8) is 0 Å². The van der Waals surface area contributed by atoms with Gasteiger partial charge < -0.3 is 14.8 Å². The molecule has 0 unspecified atom stereocenters. The molecule has 2 rings (SSSR count). The third kappa shape index (κ3) is 5.84. The number of carbonyl (C=O) groups is 2. The van der Waals surface area contributed by atoms with E-state index in [2.05, 4.69) is 10.1 Å². The largest absolute Gasteiger partial charge is 0.455 e. The van der Waals surface area contributed by atoms with Crippen LogP contribution >= 0.6 is 0 Å². The fraction of sp³-hybridized carbons (Fsp3) is 0.263. The average Bonchev–Trinajstić information content (AvgIpc) is 2.58. The van der Waals surface area contributed by atoms with E-state index < -0.39 is 25.1 Å². The Balaban J connectivity index is 1.81. The maximum absolute atomic E-state index is 12.1. The van der Waals surface area contributed by atoms with E-state index in [1.165, 1.54) is 24.3 Å². The minimum Gasteiger partial charge on any atom is -0.455 e. The normalized spacial score (nSPS) is 10.5. The number of halogens is 2. The van der Waals surface area contributed by atoms with Gasteiger partial charge in [-0.1, -0.05) is 24.3 Å². The van der Waals surface area contributed by atoms with Crippen LogP contribution in [-0.2, 0) is 20.7 Å². The molecular formula is C19H19F2NO4. The third-order valence-corrected chi connectivity index (χ3v) is 3.74. The first-order valence-corrected chi connectivity index (χ1v) is 7.90. The van der Waals surface area contributed by atoms with Gasteiger partial charge in [-0.25, -0.2) is 0 Å². The molecule has 5 nitrogen and oxygen atoms in total. The fourth-order valence-electron chi connectivity index (χ4n) is 2.23. The summed E-state index contributed by atoms with van der Waals surface area (Å²) in [6, 6.07) is 11.2. The highest BCUT2D eigenvalue weighted by molar-refractivity contribution is 5.93. The van der Waals surface area contributed by atoms with Crippen molar-refractivity contribution in [3.8, 4) is 5.75 Å². The minimum absolute atomic E-state index is 0.00465. The predicted molar refractivity (Wildman–Crippen MR) is 92.3 cm³/mol. The first-order valence-electron chi connectivity index (χ1n) is 7.90. The van der Waals surface area contributed by atoms with E-state index in [1.807, 2.05) is 26.0 Å². The molecule has 0 bridgehead atoms. The Labute approximate surface area is 149 Å². The highest BCUT2D eigenvalue weighted by Crippen LogP contribution is 2.18. The number of carbonyl (C=O) groups excluding carboxylic acids is 2. The highest BCUT2D eigenvalue weighted by Gasteiger charge is 2.11. The molecule has 0 radical (unpaired) electrons. The number of amides is 1. The number of hydrogen-bond donors (Lipinski definition) is 1. The molecule has 2 aromatic carbocycles. The first-order chi connectivity index (χ1) is 12.3. The number of anilines is 1. The summed E-state index contributed by atoms with van der Waals surface area (Å²) in [5, 5.41) is 2.69. The van der Waals surface area contributed by atoms with E-state index in [4.69, 9.17) is 4.74 Å². The van der Waals surface area contributed by atoms with Crippen LogP contribution in [0.4, 0.5) is 14.5 Å². The van der Waals surface area contributed by atoms with Crippen LogP contribution in [0.15, 0.2) is 42.5 Å². The number of nitrogens with one attached hydrogen (secondary N) is 1. The van der Waals surface area contributed by atoms with Crippen molar-refractivity contribution in [1.82, 2.24) is 0 Å². The van der Waals surface area contributed by atoms with E-state index in [0.29, 0.717) is 11.3 Å². The number of alkyl halides is 2. The Morgan fingerprint density at radius 2 is 1.77 bits per heavy atom. The smallest absolute Gasteiger partial charge is 0.387 e. The van der Waals surface area contributed by atoms with E-state index in [9.17, 15) is 18.4 Å². The van der Waals surface area contributed by atoms with E-state index in [-0.39, 0.29) is 12.2 Å². The molecule has 138 valence electrons. The third-order valence-electron chi connectivity index (χ3n) is 3.74. The van der Waals surface area contributed by atoms with Crippen molar-refractivity contribution in [3.05, 3.63) is 59.2 Å². The van der Waals surface area contributed by atoms with Crippen molar-refractivity contribution < 1.29 is 27.8 Å². The fourth-order valence-corrected chi connectivity index (χ4v) is 2.23. The summed E-state index contributed by atoms with van der Waals surface area (Å²) in [4.78, 5) is 23.7. The number of rotatable bonds is 7. The van der Waals surface area contributed by atoms with E-state index >= 15 is 0 Å². The molecule has 7 heteroatoms. The Hall–Kier alpha value is -2.96. The van der Waals surface area contributed by atoms with Crippen LogP contribution in [0.1, 0.15) is 16.7 Å². The zero-order valence-corrected chi connectivity index (χ0v) is 14.4. The molecule has 0 saturated heterocycles.